The standard InChI is InChI=1S/C24H28FNO5/c1-5-21(28)31-26-20(27)9-7-6-8-19(17-10-12-18(25)13-11-17)22-16(4)23(29)14(2)15(3)24(22)30/h10-13,19H,5-9H2,1-4H3,(H,26,27). The molecule has 2 rings (SSSR count). The first-order chi connectivity index (χ1) is 14.7. The number of hydrogen-bond donors (Lipinski definition) is 1. The summed E-state index contributed by atoms with van der Waals surface area (Å²) < 4.78 is 13.5. The quantitative estimate of drug-likeness (QED) is 0.379. The highest BCUT2D eigenvalue weighted by atomic mass is 19.1. The highest BCUT2D eigenvalue weighted by molar-refractivity contribution is 6.25. The monoisotopic (exact) mass is 429 g/mol. The average Bonchev–Trinajstić information content (AvgIpc) is 2.76. The summed E-state index contributed by atoms with van der Waals surface area (Å²) in [5.41, 5.74) is 4.56. The van der Waals surface area contributed by atoms with Crippen molar-refractivity contribution in [3.63, 3.8) is 0 Å². The van der Waals surface area contributed by atoms with E-state index in [0.29, 0.717) is 41.6 Å². The van der Waals surface area contributed by atoms with Gasteiger partial charge in [0.2, 0.25) is 0 Å². The smallest absolute Gasteiger partial charge is 0.331 e. The molecule has 0 aliphatic heterocycles. The number of amides is 1. The van der Waals surface area contributed by atoms with E-state index in [1.54, 1.807) is 39.8 Å². The summed E-state index contributed by atoms with van der Waals surface area (Å²) in [6.07, 6.45) is 1.89. The maximum Gasteiger partial charge on any atom is 0.331 e. The van der Waals surface area contributed by atoms with Gasteiger partial charge in [0.15, 0.2) is 11.6 Å². The Morgan fingerprint density at radius 1 is 0.968 bits per heavy atom. The van der Waals surface area contributed by atoms with Crippen molar-refractivity contribution in [2.24, 2.45) is 0 Å². The summed E-state index contributed by atoms with van der Waals surface area (Å²) >= 11 is 0. The SMILES string of the molecule is CCC(=O)ONC(=O)CCCCC(C1=C(C)C(=O)C(C)=C(C)C1=O)c1ccc(F)cc1. The van der Waals surface area contributed by atoms with Crippen molar-refractivity contribution in [1.82, 2.24) is 5.48 Å². The fraction of sp³-hybridized carbons (Fsp3) is 0.417. The highest BCUT2D eigenvalue weighted by Gasteiger charge is 2.33. The Bertz CT molecular complexity index is 943. The lowest BCUT2D eigenvalue weighted by Crippen LogP contribution is -2.26. The van der Waals surface area contributed by atoms with Crippen LogP contribution in [0, 0.1) is 5.82 Å². The van der Waals surface area contributed by atoms with Gasteiger partial charge in [0.1, 0.15) is 5.82 Å². The van der Waals surface area contributed by atoms with Gasteiger partial charge in [-0.1, -0.05) is 25.5 Å². The van der Waals surface area contributed by atoms with Crippen LogP contribution in [-0.2, 0) is 24.0 Å². The Kier molecular flexibility index (Phi) is 8.42. The molecule has 1 atom stereocenters. The maximum absolute atomic E-state index is 13.5. The van der Waals surface area contributed by atoms with Crippen LogP contribution < -0.4 is 5.48 Å². The van der Waals surface area contributed by atoms with E-state index in [1.165, 1.54) is 12.1 Å². The molecule has 1 aliphatic carbocycles. The summed E-state index contributed by atoms with van der Waals surface area (Å²) in [5.74, 6) is -2.03. The van der Waals surface area contributed by atoms with E-state index in [1.807, 2.05) is 0 Å². The van der Waals surface area contributed by atoms with Gasteiger partial charge in [-0.2, -0.15) is 5.48 Å². The van der Waals surface area contributed by atoms with E-state index in [0.717, 1.165) is 5.56 Å². The number of nitrogens with one attached hydrogen (secondary N) is 1. The number of hydrogen-bond acceptors (Lipinski definition) is 5. The number of benzene rings is 1. The molecule has 0 heterocycles. The third kappa shape index (κ3) is 5.96. The van der Waals surface area contributed by atoms with Crippen LogP contribution in [0.2, 0.25) is 0 Å². The van der Waals surface area contributed by atoms with Crippen molar-refractivity contribution < 1.29 is 28.4 Å². The molecule has 31 heavy (non-hydrogen) atoms. The topological polar surface area (TPSA) is 89.5 Å². The molecule has 1 amide bonds. The van der Waals surface area contributed by atoms with Crippen LogP contribution >= 0.6 is 0 Å². The van der Waals surface area contributed by atoms with Gasteiger partial charge in [0, 0.05) is 41.1 Å². The molecule has 7 heteroatoms. The molecular weight excluding hydrogens is 401 g/mol. The second-order valence-electron chi connectivity index (χ2n) is 7.65. The first-order valence-electron chi connectivity index (χ1n) is 10.4. The minimum absolute atomic E-state index is 0.149. The Morgan fingerprint density at radius 3 is 2.19 bits per heavy atom. The second kappa shape index (κ2) is 10.8. The van der Waals surface area contributed by atoms with E-state index in [9.17, 15) is 23.6 Å². The molecule has 0 bridgehead atoms. The molecule has 1 aromatic rings. The molecule has 166 valence electrons. The Labute approximate surface area is 181 Å². The van der Waals surface area contributed by atoms with Crippen LogP contribution in [0.25, 0.3) is 0 Å². The lowest BCUT2D eigenvalue weighted by Gasteiger charge is -2.26. The van der Waals surface area contributed by atoms with E-state index >= 15 is 0 Å². The zero-order valence-corrected chi connectivity index (χ0v) is 18.3. The summed E-state index contributed by atoms with van der Waals surface area (Å²) in [5, 5.41) is 0. The first kappa shape index (κ1) is 24.2. The number of rotatable bonds is 8. The zero-order valence-electron chi connectivity index (χ0n) is 18.3. The molecule has 0 saturated heterocycles. The van der Waals surface area contributed by atoms with Crippen LogP contribution in [0.15, 0.2) is 46.6 Å². The maximum atomic E-state index is 13.5. The van der Waals surface area contributed by atoms with Gasteiger partial charge in [0.25, 0.3) is 5.91 Å². The van der Waals surface area contributed by atoms with Crippen LogP contribution in [0.4, 0.5) is 4.39 Å². The Balaban J connectivity index is 2.15. The first-order valence-corrected chi connectivity index (χ1v) is 10.4. The molecule has 6 nitrogen and oxygen atoms in total. The number of carbonyl (C=O) groups is 4. The van der Waals surface area contributed by atoms with Crippen molar-refractivity contribution >= 4 is 23.4 Å². The number of halogens is 1. The van der Waals surface area contributed by atoms with Crippen LogP contribution in [0.1, 0.15) is 71.3 Å². The molecular formula is C24H28FNO5. The van der Waals surface area contributed by atoms with E-state index in [2.05, 4.69) is 10.3 Å². The molecule has 0 fully saturated rings. The van der Waals surface area contributed by atoms with Crippen LogP contribution in [-0.4, -0.2) is 23.4 Å². The summed E-state index contributed by atoms with van der Waals surface area (Å²) in [6, 6.07) is 5.90. The predicted octanol–water partition coefficient (Wildman–Crippen LogP) is 4.26. The van der Waals surface area contributed by atoms with Gasteiger partial charge in [-0.15, -0.1) is 0 Å². The fourth-order valence-electron chi connectivity index (χ4n) is 3.58. The zero-order chi connectivity index (χ0) is 23.1. The summed E-state index contributed by atoms with van der Waals surface area (Å²) in [4.78, 5) is 53.2. The molecule has 0 aromatic heterocycles. The molecule has 1 aliphatic rings. The third-order valence-corrected chi connectivity index (χ3v) is 5.57. The second-order valence-corrected chi connectivity index (χ2v) is 7.65. The van der Waals surface area contributed by atoms with Crippen molar-refractivity contribution in [3.8, 4) is 0 Å². The van der Waals surface area contributed by atoms with Crippen molar-refractivity contribution in [2.75, 3.05) is 0 Å². The largest absolute Gasteiger partial charge is 0.341 e. The van der Waals surface area contributed by atoms with Gasteiger partial charge in [0.05, 0.1) is 0 Å². The summed E-state index contributed by atoms with van der Waals surface area (Å²) in [7, 11) is 0. The highest BCUT2D eigenvalue weighted by Crippen LogP contribution is 2.37. The Hall–Kier alpha value is -3.09. The molecule has 0 radical (unpaired) electrons. The molecule has 1 aromatic carbocycles. The fourth-order valence-corrected chi connectivity index (χ4v) is 3.58. The van der Waals surface area contributed by atoms with Crippen LogP contribution in [0.3, 0.4) is 0 Å². The van der Waals surface area contributed by atoms with Gasteiger partial charge < -0.3 is 4.84 Å². The minimum atomic E-state index is -0.522. The summed E-state index contributed by atoms with van der Waals surface area (Å²) in [6.45, 7) is 6.56. The van der Waals surface area contributed by atoms with Crippen molar-refractivity contribution in [1.29, 1.82) is 0 Å². The Morgan fingerprint density at radius 2 is 1.58 bits per heavy atom. The third-order valence-electron chi connectivity index (χ3n) is 5.57. The lowest BCUT2D eigenvalue weighted by molar-refractivity contribution is -0.158. The minimum Gasteiger partial charge on any atom is -0.341 e. The number of allylic oxidation sites excluding steroid dienone is 4. The van der Waals surface area contributed by atoms with Gasteiger partial charge in [-0.05, 0) is 51.3 Å². The van der Waals surface area contributed by atoms with E-state index < -0.39 is 11.9 Å². The van der Waals surface area contributed by atoms with E-state index in [4.69, 9.17) is 0 Å². The van der Waals surface area contributed by atoms with E-state index in [-0.39, 0.29) is 36.1 Å². The number of Topliss-reactive ketones (excluding diaryl/α,β-unsaturated/α-hetero) is 2. The number of carbonyl (C=O) groups excluding carboxylic acids is 4. The molecule has 0 spiro atoms. The molecule has 1 N–H and O–H groups in total. The molecule has 0 saturated carbocycles. The van der Waals surface area contributed by atoms with Crippen molar-refractivity contribution in [3.05, 3.63) is 57.9 Å². The number of hydroxylamine groups is 1. The predicted molar refractivity (Wildman–Crippen MR) is 113 cm³/mol. The van der Waals surface area contributed by atoms with Crippen molar-refractivity contribution in [2.45, 2.75) is 65.7 Å². The van der Waals surface area contributed by atoms with Gasteiger partial charge >= 0.3 is 5.97 Å². The van der Waals surface area contributed by atoms with Gasteiger partial charge in [-0.3, -0.25) is 14.4 Å². The van der Waals surface area contributed by atoms with Gasteiger partial charge in [-0.25, -0.2) is 9.18 Å². The molecule has 1 unspecified atom stereocenters. The number of unbranched alkanes of at least 4 members (excludes halogenated alkanes) is 1. The lowest BCUT2D eigenvalue weighted by atomic mass is 9.75. The van der Waals surface area contributed by atoms with Crippen LogP contribution in [0.5, 0.6) is 0 Å². The number of ketones is 2. The average molecular weight is 429 g/mol. The normalized spacial score (nSPS) is 15.3.